The van der Waals surface area contributed by atoms with Crippen molar-refractivity contribution in [2.75, 3.05) is 38.7 Å². The minimum atomic E-state index is -3.79. The zero-order chi connectivity index (χ0) is 20.3. The highest BCUT2D eigenvalue weighted by atomic mass is 32.2. The molecule has 0 aliphatic carbocycles. The zero-order valence-corrected chi connectivity index (χ0v) is 17.0. The maximum absolute atomic E-state index is 12.9. The van der Waals surface area contributed by atoms with Crippen molar-refractivity contribution in [2.24, 2.45) is 0 Å². The van der Waals surface area contributed by atoms with Gasteiger partial charge in [0.25, 0.3) is 5.91 Å². The van der Waals surface area contributed by atoms with Gasteiger partial charge in [0.05, 0.1) is 37.9 Å². The molecule has 0 unspecified atom stereocenters. The van der Waals surface area contributed by atoms with Crippen molar-refractivity contribution in [3.63, 3.8) is 0 Å². The highest BCUT2D eigenvalue weighted by Gasteiger charge is 2.31. The predicted octanol–water partition coefficient (Wildman–Crippen LogP) is 0.699. The molecule has 2 aromatic rings. The molecule has 0 saturated carbocycles. The lowest BCUT2D eigenvalue weighted by Gasteiger charge is -2.26. The van der Waals surface area contributed by atoms with Crippen molar-refractivity contribution >= 4 is 38.9 Å². The molecule has 3 rings (SSSR count). The molecule has 2 aromatic heterocycles. The van der Waals surface area contributed by atoms with E-state index >= 15 is 0 Å². The maximum Gasteiger partial charge on any atom is 0.327 e. The van der Waals surface area contributed by atoms with E-state index in [0.717, 1.165) is 11.3 Å². The minimum absolute atomic E-state index is 0.0310. The second-order valence-corrected chi connectivity index (χ2v) is 8.78. The number of rotatable bonds is 6. The van der Waals surface area contributed by atoms with Gasteiger partial charge in [-0.2, -0.15) is 9.40 Å². The number of aromatic nitrogens is 2. The zero-order valence-electron chi connectivity index (χ0n) is 15.4. The molecule has 1 saturated heterocycles. The first-order valence-electron chi connectivity index (χ1n) is 8.40. The Bertz CT molecular complexity index is 975. The number of thiophene rings is 1. The van der Waals surface area contributed by atoms with E-state index in [-0.39, 0.29) is 29.4 Å². The number of nitrogens with zero attached hydrogens (tertiary/aromatic N) is 3. The molecule has 0 bridgehead atoms. The average Bonchev–Trinajstić information content (AvgIpc) is 3.32. The lowest BCUT2D eigenvalue weighted by Crippen LogP contribution is -2.41. The normalized spacial score (nSPS) is 15.4. The molecule has 3 heterocycles. The number of ether oxygens (including phenoxy) is 2. The second-order valence-electron chi connectivity index (χ2n) is 5.96. The Kier molecular flexibility index (Phi) is 6.13. The Hall–Kier alpha value is -2.28. The summed E-state index contributed by atoms with van der Waals surface area (Å²) < 4.78 is 38.3. The molecule has 12 heteroatoms. The van der Waals surface area contributed by atoms with Crippen molar-refractivity contribution in [1.82, 2.24) is 14.1 Å². The van der Waals surface area contributed by atoms with Gasteiger partial charge in [-0.3, -0.25) is 14.3 Å². The third kappa shape index (κ3) is 4.09. The Morgan fingerprint density at radius 3 is 2.75 bits per heavy atom. The molecule has 1 aliphatic rings. The summed E-state index contributed by atoms with van der Waals surface area (Å²) in [6, 6.07) is 1.43. The number of anilines is 1. The van der Waals surface area contributed by atoms with Crippen LogP contribution in [-0.4, -0.2) is 67.8 Å². The molecule has 1 N–H and O–H groups in total. The molecule has 1 amide bonds. The monoisotopic (exact) mass is 428 g/mol. The van der Waals surface area contributed by atoms with Crippen molar-refractivity contribution in [2.45, 2.75) is 18.4 Å². The van der Waals surface area contributed by atoms with E-state index in [4.69, 9.17) is 4.74 Å². The SMILES string of the molecule is COC(=O)Cn1ncc(NC(=O)c2sccc2S(=O)(=O)N2CCOCC2)c1C. The van der Waals surface area contributed by atoms with Crippen LogP contribution in [0.15, 0.2) is 22.5 Å². The summed E-state index contributed by atoms with van der Waals surface area (Å²) in [5.41, 5.74) is 0.935. The van der Waals surface area contributed by atoms with Gasteiger partial charge in [0.1, 0.15) is 16.3 Å². The summed E-state index contributed by atoms with van der Waals surface area (Å²) in [4.78, 5) is 24.2. The largest absolute Gasteiger partial charge is 0.468 e. The van der Waals surface area contributed by atoms with Crippen LogP contribution in [0.3, 0.4) is 0 Å². The van der Waals surface area contributed by atoms with Crippen LogP contribution in [0.2, 0.25) is 0 Å². The fourth-order valence-corrected chi connectivity index (χ4v) is 5.39. The molecule has 0 radical (unpaired) electrons. The Morgan fingerprint density at radius 1 is 1.36 bits per heavy atom. The van der Waals surface area contributed by atoms with Crippen LogP contribution in [0.1, 0.15) is 15.4 Å². The average molecular weight is 428 g/mol. The fraction of sp³-hybridized carbons (Fsp3) is 0.438. The number of carbonyl (C=O) groups excluding carboxylic acids is 2. The quantitative estimate of drug-likeness (QED) is 0.673. The molecular formula is C16H20N4O6S2. The summed E-state index contributed by atoms with van der Waals surface area (Å²) in [7, 11) is -2.52. The number of hydrogen-bond donors (Lipinski definition) is 1. The van der Waals surface area contributed by atoms with Crippen molar-refractivity contribution < 1.29 is 27.5 Å². The minimum Gasteiger partial charge on any atom is -0.468 e. The van der Waals surface area contributed by atoms with Crippen LogP contribution in [-0.2, 0) is 30.8 Å². The van der Waals surface area contributed by atoms with Gasteiger partial charge in [-0.25, -0.2) is 8.42 Å². The number of morpholine rings is 1. The first-order valence-corrected chi connectivity index (χ1v) is 10.7. The van der Waals surface area contributed by atoms with Gasteiger partial charge in [-0.15, -0.1) is 11.3 Å². The van der Waals surface area contributed by atoms with E-state index in [1.807, 2.05) is 0 Å². The summed E-state index contributed by atoms with van der Waals surface area (Å²) in [5, 5.41) is 8.28. The number of methoxy groups -OCH3 is 1. The lowest BCUT2D eigenvalue weighted by atomic mass is 10.3. The third-order valence-corrected chi connectivity index (χ3v) is 7.26. The van der Waals surface area contributed by atoms with Crippen molar-refractivity contribution in [3.8, 4) is 0 Å². The Balaban J connectivity index is 1.80. The van der Waals surface area contributed by atoms with Gasteiger partial charge in [0.2, 0.25) is 10.0 Å². The molecule has 28 heavy (non-hydrogen) atoms. The predicted molar refractivity (Wildman–Crippen MR) is 101 cm³/mol. The summed E-state index contributed by atoms with van der Waals surface area (Å²) >= 11 is 1.04. The molecule has 0 atom stereocenters. The van der Waals surface area contributed by atoms with Crippen LogP contribution in [0.25, 0.3) is 0 Å². The number of nitrogens with one attached hydrogen (secondary N) is 1. The number of amides is 1. The van der Waals surface area contributed by atoms with Crippen LogP contribution in [0, 0.1) is 6.92 Å². The van der Waals surface area contributed by atoms with Crippen molar-refractivity contribution in [1.29, 1.82) is 0 Å². The number of esters is 1. The van der Waals surface area contributed by atoms with Crippen LogP contribution < -0.4 is 5.32 Å². The van der Waals surface area contributed by atoms with E-state index < -0.39 is 21.9 Å². The first kappa shape index (κ1) is 20.5. The molecule has 1 aliphatic heterocycles. The smallest absolute Gasteiger partial charge is 0.327 e. The van der Waals surface area contributed by atoms with Crippen LogP contribution in [0.4, 0.5) is 5.69 Å². The molecule has 152 valence electrons. The van der Waals surface area contributed by atoms with Gasteiger partial charge < -0.3 is 14.8 Å². The van der Waals surface area contributed by atoms with E-state index in [2.05, 4.69) is 15.2 Å². The molecule has 10 nitrogen and oxygen atoms in total. The summed E-state index contributed by atoms with van der Waals surface area (Å²) in [6.45, 7) is 2.74. The third-order valence-electron chi connectivity index (χ3n) is 4.28. The second kappa shape index (κ2) is 8.39. The first-order chi connectivity index (χ1) is 13.3. The highest BCUT2D eigenvalue weighted by Crippen LogP contribution is 2.27. The van der Waals surface area contributed by atoms with Crippen LogP contribution >= 0.6 is 11.3 Å². The van der Waals surface area contributed by atoms with Crippen molar-refractivity contribution in [3.05, 3.63) is 28.2 Å². The fourth-order valence-electron chi connectivity index (χ4n) is 2.69. The van der Waals surface area contributed by atoms with Gasteiger partial charge in [-0.05, 0) is 18.4 Å². The summed E-state index contributed by atoms with van der Waals surface area (Å²) in [6.07, 6.45) is 1.40. The van der Waals surface area contributed by atoms with Gasteiger partial charge in [0, 0.05) is 13.1 Å². The van der Waals surface area contributed by atoms with E-state index in [9.17, 15) is 18.0 Å². The van der Waals surface area contributed by atoms with Gasteiger partial charge in [0.15, 0.2) is 0 Å². The van der Waals surface area contributed by atoms with E-state index in [1.54, 1.807) is 12.3 Å². The molecule has 1 fully saturated rings. The van der Waals surface area contributed by atoms with Crippen LogP contribution in [0.5, 0.6) is 0 Å². The maximum atomic E-state index is 12.9. The Labute approximate surface area is 166 Å². The lowest BCUT2D eigenvalue weighted by molar-refractivity contribution is -0.141. The summed E-state index contributed by atoms with van der Waals surface area (Å²) in [5.74, 6) is -1.02. The van der Waals surface area contributed by atoms with Gasteiger partial charge in [-0.1, -0.05) is 0 Å². The van der Waals surface area contributed by atoms with E-state index in [1.165, 1.54) is 28.4 Å². The topological polar surface area (TPSA) is 120 Å². The van der Waals surface area contributed by atoms with E-state index in [0.29, 0.717) is 24.6 Å². The number of hydrogen-bond acceptors (Lipinski definition) is 8. The number of sulfonamides is 1. The standard InChI is InChI=1S/C16H20N4O6S2/c1-11-12(9-17-20(11)10-14(21)25-2)18-16(22)15-13(3-8-27-15)28(23,24)19-4-6-26-7-5-19/h3,8-9H,4-7,10H2,1-2H3,(H,18,22). The molecule has 0 aromatic carbocycles. The number of carbonyl (C=O) groups is 2. The Morgan fingerprint density at radius 2 is 2.07 bits per heavy atom. The highest BCUT2D eigenvalue weighted by molar-refractivity contribution is 7.89. The molecular weight excluding hydrogens is 408 g/mol. The van der Waals surface area contributed by atoms with Gasteiger partial charge >= 0.3 is 5.97 Å². The molecule has 0 spiro atoms.